The highest BCUT2D eigenvalue weighted by atomic mass is 16.3. The van der Waals surface area contributed by atoms with Gasteiger partial charge < -0.3 is 5.11 Å². The summed E-state index contributed by atoms with van der Waals surface area (Å²) in [6.45, 7) is 0. The van der Waals surface area contributed by atoms with Crippen LogP contribution >= 0.6 is 0 Å². The van der Waals surface area contributed by atoms with E-state index in [1.807, 2.05) is 18.3 Å². The summed E-state index contributed by atoms with van der Waals surface area (Å²) in [5.74, 6) is 0.997. The minimum atomic E-state index is -1.78. The molecule has 1 amide bonds. The molecule has 132 valence electrons. The van der Waals surface area contributed by atoms with E-state index in [2.05, 4.69) is 22.7 Å². The van der Waals surface area contributed by atoms with Crippen molar-refractivity contribution in [3.05, 3.63) is 83.9 Å². The molecule has 0 aliphatic heterocycles. The summed E-state index contributed by atoms with van der Waals surface area (Å²) in [6, 6.07) is 17.9. The Kier molecular flexibility index (Phi) is 4.43. The van der Waals surface area contributed by atoms with Gasteiger partial charge in [-0.2, -0.15) is 5.10 Å². The van der Waals surface area contributed by atoms with Crippen LogP contribution in [0.5, 0.6) is 0 Å². The van der Waals surface area contributed by atoms with E-state index in [4.69, 9.17) is 0 Å². The first kappa shape index (κ1) is 16.7. The van der Waals surface area contributed by atoms with Crippen molar-refractivity contribution in [3.63, 3.8) is 0 Å². The maximum absolute atomic E-state index is 12.9. The van der Waals surface area contributed by atoms with Crippen LogP contribution in [0.15, 0.2) is 77.9 Å². The van der Waals surface area contributed by atoms with E-state index >= 15 is 0 Å². The van der Waals surface area contributed by atoms with Gasteiger partial charge in [0, 0.05) is 12.1 Å². The number of carbonyl (C=O) groups excluding carboxylic acids is 1. The normalized spacial score (nSPS) is 24.3. The average molecular weight is 346 g/mol. The number of rotatable bonds is 5. The Bertz CT molecular complexity index is 790. The SMILES string of the molecule is O=C(N/N=C/C1CC2C=CC1C2)C(O)(c1ccccc1)c1ccccc1. The van der Waals surface area contributed by atoms with Gasteiger partial charge in [-0.05, 0) is 35.8 Å². The number of nitrogens with one attached hydrogen (secondary N) is 1. The van der Waals surface area contributed by atoms with Gasteiger partial charge in [-0.15, -0.1) is 0 Å². The van der Waals surface area contributed by atoms with Gasteiger partial charge >= 0.3 is 0 Å². The largest absolute Gasteiger partial charge is 0.372 e. The van der Waals surface area contributed by atoms with Crippen molar-refractivity contribution < 1.29 is 9.90 Å². The molecule has 1 saturated carbocycles. The maximum atomic E-state index is 12.9. The Balaban J connectivity index is 1.56. The molecule has 3 atom stereocenters. The molecule has 2 bridgehead atoms. The molecular formula is C22H22N2O2. The summed E-state index contributed by atoms with van der Waals surface area (Å²) in [6.07, 6.45) is 8.61. The molecule has 4 rings (SSSR count). The molecule has 3 unspecified atom stereocenters. The summed E-state index contributed by atoms with van der Waals surface area (Å²) in [7, 11) is 0. The Morgan fingerprint density at radius 1 is 1.00 bits per heavy atom. The second-order valence-electron chi connectivity index (χ2n) is 7.11. The third kappa shape index (κ3) is 2.97. The second kappa shape index (κ2) is 6.89. The van der Waals surface area contributed by atoms with Gasteiger partial charge in [0.25, 0.3) is 5.91 Å². The van der Waals surface area contributed by atoms with E-state index in [0.717, 1.165) is 6.42 Å². The molecule has 0 radical (unpaired) electrons. The smallest absolute Gasteiger partial charge is 0.281 e. The molecule has 1 fully saturated rings. The van der Waals surface area contributed by atoms with Gasteiger partial charge in [-0.25, -0.2) is 5.43 Å². The number of amides is 1. The van der Waals surface area contributed by atoms with Crippen LogP contribution in [0, 0.1) is 17.8 Å². The standard InChI is InChI=1S/C22H22N2O2/c25-21(24-23-15-18-14-16-11-12-17(18)13-16)22(26,19-7-3-1-4-8-19)20-9-5-2-6-10-20/h1-12,15-18,26H,13-14H2,(H,24,25)/b23-15+. The number of carbonyl (C=O) groups is 1. The number of nitrogens with zero attached hydrogens (tertiary/aromatic N) is 1. The topological polar surface area (TPSA) is 61.7 Å². The van der Waals surface area contributed by atoms with Crippen molar-refractivity contribution >= 4 is 12.1 Å². The van der Waals surface area contributed by atoms with Crippen molar-refractivity contribution in [1.29, 1.82) is 0 Å². The predicted octanol–water partition coefficient (Wildman–Crippen LogP) is 3.24. The van der Waals surface area contributed by atoms with Crippen molar-refractivity contribution in [1.82, 2.24) is 5.43 Å². The highest BCUT2D eigenvalue weighted by molar-refractivity contribution is 5.90. The van der Waals surface area contributed by atoms with Crippen LogP contribution in [-0.4, -0.2) is 17.2 Å². The van der Waals surface area contributed by atoms with Crippen LogP contribution in [0.2, 0.25) is 0 Å². The van der Waals surface area contributed by atoms with Crippen LogP contribution in [0.1, 0.15) is 24.0 Å². The molecule has 4 heteroatoms. The molecule has 2 aliphatic carbocycles. The Hall–Kier alpha value is -2.72. The number of allylic oxidation sites excluding steroid dienone is 2. The van der Waals surface area contributed by atoms with Crippen LogP contribution in [0.4, 0.5) is 0 Å². The quantitative estimate of drug-likeness (QED) is 0.496. The predicted molar refractivity (Wildman–Crippen MR) is 101 cm³/mol. The van der Waals surface area contributed by atoms with Gasteiger partial charge in [0.05, 0.1) is 0 Å². The average Bonchev–Trinajstić information content (AvgIpc) is 3.32. The summed E-state index contributed by atoms with van der Waals surface area (Å²) >= 11 is 0. The van der Waals surface area contributed by atoms with Gasteiger partial charge in [-0.3, -0.25) is 4.79 Å². The number of benzene rings is 2. The molecule has 2 aliphatic rings. The summed E-state index contributed by atoms with van der Waals surface area (Å²) in [4.78, 5) is 12.9. The lowest BCUT2D eigenvalue weighted by Gasteiger charge is -2.27. The molecule has 4 nitrogen and oxygen atoms in total. The third-order valence-corrected chi connectivity index (χ3v) is 5.47. The van der Waals surface area contributed by atoms with E-state index in [1.165, 1.54) is 6.42 Å². The van der Waals surface area contributed by atoms with Gasteiger partial charge in [-0.1, -0.05) is 72.8 Å². The molecule has 26 heavy (non-hydrogen) atoms. The fourth-order valence-corrected chi connectivity index (χ4v) is 4.05. The Morgan fingerprint density at radius 3 is 2.12 bits per heavy atom. The number of aliphatic hydroxyl groups is 1. The minimum absolute atomic E-state index is 0.367. The van der Waals surface area contributed by atoms with Crippen molar-refractivity contribution in [2.24, 2.45) is 22.9 Å². The summed E-state index contributed by atoms with van der Waals surface area (Å²) in [5.41, 5.74) is 1.81. The van der Waals surface area contributed by atoms with Crippen LogP contribution in [0.3, 0.4) is 0 Å². The Morgan fingerprint density at radius 2 is 1.62 bits per heavy atom. The Labute approximate surface area is 153 Å². The highest BCUT2D eigenvalue weighted by Crippen LogP contribution is 2.42. The molecular weight excluding hydrogens is 324 g/mol. The number of hydrogen-bond donors (Lipinski definition) is 2. The van der Waals surface area contributed by atoms with Gasteiger partial charge in [0.2, 0.25) is 0 Å². The number of fused-ring (bicyclic) bond motifs is 2. The molecule has 0 spiro atoms. The monoisotopic (exact) mass is 346 g/mol. The summed E-state index contributed by atoms with van der Waals surface area (Å²) in [5, 5.41) is 15.5. The van der Waals surface area contributed by atoms with E-state index in [1.54, 1.807) is 48.5 Å². The van der Waals surface area contributed by atoms with E-state index < -0.39 is 11.5 Å². The van der Waals surface area contributed by atoms with Crippen molar-refractivity contribution in [2.75, 3.05) is 0 Å². The molecule has 0 saturated heterocycles. The van der Waals surface area contributed by atoms with E-state index in [0.29, 0.717) is 28.9 Å². The molecule has 0 heterocycles. The number of hydrazone groups is 1. The zero-order valence-corrected chi connectivity index (χ0v) is 14.5. The molecule has 2 aromatic rings. The number of hydrogen-bond acceptors (Lipinski definition) is 3. The minimum Gasteiger partial charge on any atom is -0.372 e. The first-order valence-corrected chi connectivity index (χ1v) is 9.03. The first-order chi connectivity index (χ1) is 12.7. The van der Waals surface area contributed by atoms with Crippen molar-refractivity contribution in [2.45, 2.75) is 18.4 Å². The lowest BCUT2D eigenvalue weighted by atomic mass is 9.85. The molecule has 0 aromatic heterocycles. The zero-order chi connectivity index (χ0) is 18.0. The highest BCUT2D eigenvalue weighted by Gasteiger charge is 2.40. The van der Waals surface area contributed by atoms with Crippen LogP contribution in [0.25, 0.3) is 0 Å². The lowest BCUT2D eigenvalue weighted by Crippen LogP contribution is -2.43. The molecule has 2 aromatic carbocycles. The van der Waals surface area contributed by atoms with Crippen LogP contribution in [-0.2, 0) is 10.4 Å². The van der Waals surface area contributed by atoms with Gasteiger partial charge in [0.15, 0.2) is 5.60 Å². The maximum Gasteiger partial charge on any atom is 0.281 e. The third-order valence-electron chi connectivity index (χ3n) is 5.47. The van der Waals surface area contributed by atoms with E-state index in [-0.39, 0.29) is 0 Å². The summed E-state index contributed by atoms with van der Waals surface area (Å²) < 4.78 is 0. The zero-order valence-electron chi connectivity index (χ0n) is 14.5. The second-order valence-corrected chi connectivity index (χ2v) is 7.11. The van der Waals surface area contributed by atoms with Gasteiger partial charge in [0.1, 0.15) is 0 Å². The fourth-order valence-electron chi connectivity index (χ4n) is 4.05. The van der Waals surface area contributed by atoms with Crippen LogP contribution < -0.4 is 5.43 Å². The first-order valence-electron chi connectivity index (χ1n) is 9.03. The fraction of sp³-hybridized carbons (Fsp3) is 0.273. The molecule has 2 N–H and O–H groups in total. The lowest BCUT2D eigenvalue weighted by molar-refractivity contribution is -0.136. The van der Waals surface area contributed by atoms with E-state index in [9.17, 15) is 9.90 Å². The van der Waals surface area contributed by atoms with Crippen molar-refractivity contribution in [3.8, 4) is 0 Å².